The summed E-state index contributed by atoms with van der Waals surface area (Å²) in [6.45, 7) is 6.49. The quantitative estimate of drug-likeness (QED) is 0.909. The van der Waals surface area contributed by atoms with Gasteiger partial charge in [-0.1, -0.05) is 0 Å². The minimum absolute atomic E-state index is 0.315. The summed E-state index contributed by atoms with van der Waals surface area (Å²) in [7, 11) is 1.58. The SMILES string of the molecule is COc1cc(-c2ccc(N[C@@H]3C4CCN(CC4)[C@@H]3C)nn2)c(F)cc1C. The van der Waals surface area contributed by atoms with Crippen LogP contribution in [-0.4, -0.2) is 47.4 Å². The molecule has 26 heavy (non-hydrogen) atoms. The number of aromatic nitrogens is 2. The van der Waals surface area contributed by atoms with Gasteiger partial charge in [-0.05, 0) is 75.5 Å². The second-order valence-corrected chi connectivity index (χ2v) is 7.39. The Bertz CT molecular complexity index is 785. The summed E-state index contributed by atoms with van der Waals surface area (Å²) < 4.78 is 19.6. The number of piperidine rings is 3. The summed E-state index contributed by atoms with van der Waals surface area (Å²) >= 11 is 0. The first-order valence-corrected chi connectivity index (χ1v) is 9.25. The molecule has 1 N–H and O–H groups in total. The molecule has 0 amide bonds. The lowest BCUT2D eigenvalue weighted by Gasteiger charge is -2.50. The number of rotatable bonds is 4. The molecule has 0 saturated carbocycles. The molecule has 3 saturated heterocycles. The van der Waals surface area contributed by atoms with E-state index in [-0.39, 0.29) is 5.82 Å². The molecule has 5 rings (SSSR count). The first-order chi connectivity index (χ1) is 12.6. The third-order valence-corrected chi connectivity index (χ3v) is 5.92. The predicted molar refractivity (Wildman–Crippen MR) is 99.9 cm³/mol. The van der Waals surface area contributed by atoms with Gasteiger partial charge in [0.25, 0.3) is 0 Å². The van der Waals surface area contributed by atoms with Crippen LogP contribution in [0.25, 0.3) is 11.3 Å². The van der Waals surface area contributed by atoms with E-state index >= 15 is 0 Å². The van der Waals surface area contributed by atoms with Crippen LogP contribution >= 0.6 is 0 Å². The minimum atomic E-state index is -0.315. The topological polar surface area (TPSA) is 50.3 Å². The zero-order chi connectivity index (χ0) is 18.3. The van der Waals surface area contributed by atoms with E-state index in [0.29, 0.717) is 35.0 Å². The lowest BCUT2D eigenvalue weighted by Crippen LogP contribution is -2.59. The molecule has 0 unspecified atom stereocenters. The van der Waals surface area contributed by atoms with Gasteiger partial charge in [0.1, 0.15) is 17.4 Å². The molecule has 2 bridgehead atoms. The lowest BCUT2D eigenvalue weighted by molar-refractivity contribution is 0.0457. The highest BCUT2D eigenvalue weighted by Crippen LogP contribution is 2.34. The Morgan fingerprint density at radius 2 is 1.96 bits per heavy atom. The van der Waals surface area contributed by atoms with Gasteiger partial charge >= 0.3 is 0 Å². The fourth-order valence-corrected chi connectivity index (χ4v) is 4.34. The number of halogens is 1. The number of benzene rings is 1. The van der Waals surface area contributed by atoms with Crippen molar-refractivity contribution in [1.82, 2.24) is 15.1 Å². The lowest BCUT2D eigenvalue weighted by atomic mass is 9.79. The van der Waals surface area contributed by atoms with Crippen LogP contribution in [0.2, 0.25) is 0 Å². The van der Waals surface area contributed by atoms with Gasteiger partial charge in [-0.3, -0.25) is 4.90 Å². The Hall–Kier alpha value is -2.21. The zero-order valence-corrected chi connectivity index (χ0v) is 15.5. The number of aryl methyl sites for hydroxylation is 1. The maximum absolute atomic E-state index is 14.3. The molecule has 138 valence electrons. The number of nitrogens with zero attached hydrogens (tertiary/aromatic N) is 3. The van der Waals surface area contributed by atoms with Gasteiger partial charge in [-0.15, -0.1) is 10.2 Å². The van der Waals surface area contributed by atoms with Crippen molar-refractivity contribution >= 4 is 5.82 Å². The smallest absolute Gasteiger partial charge is 0.148 e. The molecule has 5 nitrogen and oxygen atoms in total. The third kappa shape index (κ3) is 3.03. The fourth-order valence-electron chi connectivity index (χ4n) is 4.34. The predicted octanol–water partition coefficient (Wildman–Crippen LogP) is 3.49. The molecule has 3 aliphatic rings. The fraction of sp³-hybridized carbons (Fsp3) is 0.500. The van der Waals surface area contributed by atoms with Crippen molar-refractivity contribution in [1.29, 1.82) is 0 Å². The van der Waals surface area contributed by atoms with Crippen LogP contribution in [0.5, 0.6) is 5.75 Å². The highest BCUT2D eigenvalue weighted by Gasteiger charge is 2.39. The van der Waals surface area contributed by atoms with E-state index in [1.807, 2.05) is 19.1 Å². The minimum Gasteiger partial charge on any atom is -0.496 e. The van der Waals surface area contributed by atoms with Crippen molar-refractivity contribution in [3.05, 3.63) is 35.6 Å². The molecular weight excluding hydrogens is 331 g/mol. The number of hydrogen-bond donors (Lipinski definition) is 1. The van der Waals surface area contributed by atoms with Crippen LogP contribution in [0.4, 0.5) is 10.2 Å². The number of fused-ring (bicyclic) bond motifs is 3. The molecule has 4 heterocycles. The first-order valence-electron chi connectivity index (χ1n) is 9.25. The number of hydrogen-bond acceptors (Lipinski definition) is 5. The second-order valence-electron chi connectivity index (χ2n) is 7.39. The molecule has 6 heteroatoms. The normalized spacial score (nSPS) is 27.4. The van der Waals surface area contributed by atoms with E-state index in [1.165, 1.54) is 32.0 Å². The van der Waals surface area contributed by atoms with E-state index in [0.717, 1.165) is 11.4 Å². The van der Waals surface area contributed by atoms with Gasteiger partial charge < -0.3 is 10.1 Å². The molecular formula is C20H25FN4O. The van der Waals surface area contributed by atoms with Gasteiger partial charge in [0.05, 0.1) is 12.8 Å². The molecule has 1 aromatic carbocycles. The van der Waals surface area contributed by atoms with E-state index in [2.05, 4.69) is 27.3 Å². The molecule has 2 atom stereocenters. The van der Waals surface area contributed by atoms with Crippen LogP contribution in [0.1, 0.15) is 25.3 Å². The average molecular weight is 356 g/mol. The summed E-state index contributed by atoms with van der Waals surface area (Å²) in [5, 5.41) is 12.1. The maximum atomic E-state index is 14.3. The maximum Gasteiger partial charge on any atom is 0.148 e. The summed E-state index contributed by atoms with van der Waals surface area (Å²) in [6.07, 6.45) is 2.48. The summed E-state index contributed by atoms with van der Waals surface area (Å²) in [5.41, 5.74) is 1.67. The summed E-state index contributed by atoms with van der Waals surface area (Å²) in [4.78, 5) is 2.54. The van der Waals surface area contributed by atoms with E-state index in [4.69, 9.17) is 4.74 Å². The second kappa shape index (κ2) is 6.83. The molecule has 2 aromatic rings. The molecule has 3 aliphatic heterocycles. The monoisotopic (exact) mass is 356 g/mol. The summed E-state index contributed by atoms with van der Waals surface area (Å²) in [6, 6.07) is 7.75. The van der Waals surface area contributed by atoms with Crippen LogP contribution in [0, 0.1) is 18.7 Å². The van der Waals surface area contributed by atoms with Gasteiger partial charge in [0, 0.05) is 17.6 Å². The van der Waals surface area contributed by atoms with Gasteiger partial charge in [-0.2, -0.15) is 0 Å². The van der Waals surface area contributed by atoms with Crippen LogP contribution < -0.4 is 10.1 Å². The van der Waals surface area contributed by atoms with Crippen molar-refractivity contribution in [3.8, 4) is 17.0 Å². The Morgan fingerprint density at radius 1 is 1.19 bits per heavy atom. The number of ether oxygens (including phenoxy) is 1. The van der Waals surface area contributed by atoms with Crippen LogP contribution in [0.3, 0.4) is 0 Å². The van der Waals surface area contributed by atoms with Gasteiger partial charge in [0.2, 0.25) is 0 Å². The van der Waals surface area contributed by atoms with Crippen molar-refractivity contribution in [2.45, 2.75) is 38.8 Å². The van der Waals surface area contributed by atoms with Gasteiger partial charge in [0.15, 0.2) is 0 Å². The Morgan fingerprint density at radius 3 is 2.58 bits per heavy atom. The molecule has 1 aromatic heterocycles. The number of anilines is 1. The van der Waals surface area contributed by atoms with Crippen LogP contribution in [-0.2, 0) is 0 Å². The average Bonchev–Trinajstić information content (AvgIpc) is 2.66. The van der Waals surface area contributed by atoms with Crippen molar-refractivity contribution < 1.29 is 9.13 Å². The van der Waals surface area contributed by atoms with Crippen LogP contribution in [0.15, 0.2) is 24.3 Å². The van der Waals surface area contributed by atoms with Crippen molar-refractivity contribution in [3.63, 3.8) is 0 Å². The largest absolute Gasteiger partial charge is 0.496 e. The standard InChI is InChI=1S/C20H25FN4O/c1-12-10-16(21)15(11-18(12)26-3)17-4-5-19(24-23-17)22-20-13(2)25-8-6-14(20)7-9-25/h4-5,10-11,13-14,20H,6-9H2,1-3H3,(H,22,24)/t13-,20+/m1/s1. The van der Waals surface area contributed by atoms with E-state index in [1.54, 1.807) is 13.2 Å². The zero-order valence-electron chi connectivity index (χ0n) is 15.5. The number of nitrogens with one attached hydrogen (secondary N) is 1. The Balaban J connectivity index is 1.54. The highest BCUT2D eigenvalue weighted by molar-refractivity contribution is 5.63. The van der Waals surface area contributed by atoms with E-state index < -0.39 is 0 Å². The highest BCUT2D eigenvalue weighted by atomic mass is 19.1. The van der Waals surface area contributed by atoms with E-state index in [9.17, 15) is 4.39 Å². The van der Waals surface area contributed by atoms with Gasteiger partial charge in [-0.25, -0.2) is 4.39 Å². The molecule has 0 aliphatic carbocycles. The van der Waals surface area contributed by atoms with Crippen molar-refractivity contribution in [2.75, 3.05) is 25.5 Å². The number of methoxy groups -OCH3 is 1. The molecule has 0 spiro atoms. The molecule has 3 fully saturated rings. The Labute approximate surface area is 153 Å². The summed E-state index contributed by atoms with van der Waals surface area (Å²) in [5.74, 6) is 1.77. The first kappa shape index (κ1) is 17.2. The third-order valence-electron chi connectivity index (χ3n) is 5.92. The Kier molecular flexibility index (Phi) is 4.53. The molecule has 0 radical (unpaired) electrons. The van der Waals surface area contributed by atoms with Crippen molar-refractivity contribution in [2.24, 2.45) is 5.92 Å².